The first-order valence-electron chi connectivity index (χ1n) is 7.15. The average Bonchev–Trinajstić information content (AvgIpc) is 2.97. The molecule has 22 heavy (non-hydrogen) atoms. The molecule has 2 rings (SSSR count). The summed E-state index contributed by atoms with van der Waals surface area (Å²) in [6.07, 6.45) is 3.67. The molecule has 0 bridgehead atoms. The Bertz CT molecular complexity index is 721. The van der Waals surface area contributed by atoms with Crippen molar-refractivity contribution in [1.82, 2.24) is 14.9 Å². The van der Waals surface area contributed by atoms with Gasteiger partial charge in [-0.05, 0) is 17.9 Å². The van der Waals surface area contributed by atoms with Crippen molar-refractivity contribution in [1.29, 1.82) is 0 Å². The summed E-state index contributed by atoms with van der Waals surface area (Å²) in [5.41, 5.74) is -0.0833. The molecule has 118 valence electrons. The molecule has 0 aromatic carbocycles. The normalized spacial score (nSPS) is 10.8. The molecule has 0 spiro atoms. The lowest BCUT2D eigenvalue weighted by atomic mass is 10.3. The molecular formula is C15H19N3O2S2. The minimum atomic E-state index is -0.0833. The third kappa shape index (κ3) is 3.98. The van der Waals surface area contributed by atoms with Gasteiger partial charge in [0.15, 0.2) is 5.16 Å². The Morgan fingerprint density at radius 2 is 2.41 bits per heavy atom. The summed E-state index contributed by atoms with van der Waals surface area (Å²) >= 11 is 2.71. The van der Waals surface area contributed by atoms with E-state index in [-0.39, 0.29) is 17.2 Å². The van der Waals surface area contributed by atoms with E-state index in [4.69, 9.17) is 0 Å². The van der Waals surface area contributed by atoms with Crippen molar-refractivity contribution in [3.05, 3.63) is 34.5 Å². The van der Waals surface area contributed by atoms with E-state index in [0.29, 0.717) is 28.5 Å². The molecule has 0 radical (unpaired) electrons. The highest BCUT2D eigenvalue weighted by Gasteiger charge is 2.13. The second kappa shape index (κ2) is 8.14. The van der Waals surface area contributed by atoms with Crippen molar-refractivity contribution < 1.29 is 4.79 Å². The number of hydrogen-bond acceptors (Lipinski definition) is 5. The summed E-state index contributed by atoms with van der Waals surface area (Å²) in [6.45, 7) is 6.83. The number of nitrogens with zero attached hydrogens (tertiary/aromatic N) is 2. The van der Waals surface area contributed by atoms with Gasteiger partial charge in [0.1, 0.15) is 4.83 Å². The molecule has 0 aliphatic rings. The molecule has 1 amide bonds. The van der Waals surface area contributed by atoms with Crippen LogP contribution in [0.15, 0.2) is 34.1 Å². The molecule has 0 saturated heterocycles. The first kappa shape index (κ1) is 16.8. The zero-order valence-electron chi connectivity index (χ0n) is 12.5. The van der Waals surface area contributed by atoms with Crippen LogP contribution in [0.25, 0.3) is 10.2 Å². The second-order valence-electron chi connectivity index (χ2n) is 4.73. The number of thiophene rings is 1. The molecule has 0 unspecified atom stereocenters. The number of fused-ring (bicyclic) bond motifs is 1. The molecule has 0 aliphatic heterocycles. The molecular weight excluding hydrogens is 318 g/mol. The van der Waals surface area contributed by atoms with Crippen LogP contribution in [0.4, 0.5) is 0 Å². The average molecular weight is 337 g/mol. The van der Waals surface area contributed by atoms with Gasteiger partial charge in [0, 0.05) is 13.1 Å². The van der Waals surface area contributed by atoms with E-state index in [2.05, 4.69) is 23.8 Å². The number of amides is 1. The van der Waals surface area contributed by atoms with Crippen LogP contribution in [0.1, 0.15) is 19.8 Å². The molecule has 5 nitrogen and oxygen atoms in total. The quantitative estimate of drug-likeness (QED) is 0.348. The van der Waals surface area contributed by atoms with Crippen LogP contribution >= 0.6 is 23.1 Å². The number of hydrogen-bond donors (Lipinski definition) is 1. The van der Waals surface area contributed by atoms with E-state index in [1.165, 1.54) is 23.1 Å². The van der Waals surface area contributed by atoms with Crippen LogP contribution in [0.3, 0.4) is 0 Å². The van der Waals surface area contributed by atoms with Crippen LogP contribution in [0.5, 0.6) is 0 Å². The number of carbonyl (C=O) groups is 1. The van der Waals surface area contributed by atoms with Gasteiger partial charge in [0.05, 0.1) is 11.1 Å². The van der Waals surface area contributed by atoms with Crippen LogP contribution in [-0.4, -0.2) is 27.8 Å². The molecule has 2 aromatic rings. The smallest absolute Gasteiger partial charge is 0.263 e. The number of thioether (sulfide) groups is 1. The van der Waals surface area contributed by atoms with Gasteiger partial charge < -0.3 is 5.32 Å². The maximum absolute atomic E-state index is 12.4. The SMILES string of the molecule is C=CCn1c(SCC(=O)NCCCC)nc2sccc2c1=O. The lowest BCUT2D eigenvalue weighted by molar-refractivity contribution is -0.118. The van der Waals surface area contributed by atoms with Crippen LogP contribution in [0, 0.1) is 0 Å². The van der Waals surface area contributed by atoms with Crippen LogP contribution in [-0.2, 0) is 11.3 Å². The summed E-state index contributed by atoms with van der Waals surface area (Å²) in [4.78, 5) is 29.4. The topological polar surface area (TPSA) is 64.0 Å². The number of allylic oxidation sites excluding steroid dienone is 1. The Hall–Kier alpha value is -1.60. The number of unbranched alkanes of at least 4 members (excludes halogenated alkanes) is 1. The maximum atomic E-state index is 12.4. The monoisotopic (exact) mass is 337 g/mol. The molecule has 0 fully saturated rings. The van der Waals surface area contributed by atoms with Gasteiger partial charge in [-0.3, -0.25) is 14.2 Å². The fourth-order valence-corrected chi connectivity index (χ4v) is 3.56. The molecule has 7 heteroatoms. The number of rotatable bonds is 8. The number of aromatic nitrogens is 2. The van der Waals surface area contributed by atoms with E-state index in [1.54, 1.807) is 16.7 Å². The van der Waals surface area contributed by atoms with Gasteiger partial charge in [-0.2, -0.15) is 0 Å². The molecule has 0 saturated carbocycles. The summed E-state index contributed by atoms with van der Waals surface area (Å²) in [6, 6.07) is 1.78. The van der Waals surface area contributed by atoms with E-state index in [0.717, 1.165) is 12.8 Å². The van der Waals surface area contributed by atoms with Crippen molar-refractivity contribution in [3.8, 4) is 0 Å². The van der Waals surface area contributed by atoms with Crippen molar-refractivity contribution in [2.75, 3.05) is 12.3 Å². The standard InChI is InChI=1S/C15H19N3O2S2/c1-3-5-7-16-12(19)10-22-15-17-13-11(6-9-21-13)14(20)18(15)8-4-2/h4,6,9H,2-3,5,7-8,10H2,1H3,(H,16,19). The fraction of sp³-hybridized carbons (Fsp3) is 0.400. The first-order chi connectivity index (χ1) is 10.7. The maximum Gasteiger partial charge on any atom is 0.263 e. The van der Waals surface area contributed by atoms with Gasteiger partial charge in [-0.25, -0.2) is 4.98 Å². The predicted molar refractivity (Wildman–Crippen MR) is 92.7 cm³/mol. The third-order valence-corrected chi connectivity index (χ3v) is 4.83. The summed E-state index contributed by atoms with van der Waals surface area (Å²) in [5, 5.41) is 5.89. The van der Waals surface area contributed by atoms with Crippen LogP contribution < -0.4 is 10.9 Å². The number of nitrogens with one attached hydrogen (secondary N) is 1. The lowest BCUT2D eigenvalue weighted by Gasteiger charge is -2.10. The summed E-state index contributed by atoms with van der Waals surface area (Å²) in [7, 11) is 0. The molecule has 2 aromatic heterocycles. The minimum absolute atomic E-state index is 0.0378. The Morgan fingerprint density at radius 3 is 3.14 bits per heavy atom. The third-order valence-electron chi connectivity index (χ3n) is 3.04. The highest BCUT2D eigenvalue weighted by molar-refractivity contribution is 7.99. The van der Waals surface area contributed by atoms with Crippen molar-refractivity contribution >= 4 is 39.2 Å². The zero-order valence-corrected chi connectivity index (χ0v) is 14.1. The van der Waals surface area contributed by atoms with E-state index in [1.807, 2.05) is 5.38 Å². The predicted octanol–water partition coefficient (Wildman–Crippen LogP) is 2.65. The fourth-order valence-electron chi connectivity index (χ4n) is 1.92. The van der Waals surface area contributed by atoms with Gasteiger partial charge in [-0.1, -0.05) is 31.2 Å². The van der Waals surface area contributed by atoms with Gasteiger partial charge in [0.25, 0.3) is 5.56 Å². The highest BCUT2D eigenvalue weighted by atomic mass is 32.2. The molecule has 1 N–H and O–H groups in total. The summed E-state index contributed by atoms with van der Waals surface area (Å²) in [5.74, 6) is 0.216. The lowest BCUT2D eigenvalue weighted by Crippen LogP contribution is -2.27. The van der Waals surface area contributed by atoms with Gasteiger partial charge >= 0.3 is 0 Å². The Labute approximate surface area is 137 Å². The molecule has 2 heterocycles. The second-order valence-corrected chi connectivity index (χ2v) is 6.57. The van der Waals surface area contributed by atoms with Crippen molar-refractivity contribution in [3.63, 3.8) is 0 Å². The van der Waals surface area contributed by atoms with Crippen molar-refractivity contribution in [2.45, 2.75) is 31.5 Å². The van der Waals surface area contributed by atoms with Gasteiger partial charge in [0.2, 0.25) is 5.91 Å². The van der Waals surface area contributed by atoms with Crippen LogP contribution in [0.2, 0.25) is 0 Å². The van der Waals surface area contributed by atoms with E-state index in [9.17, 15) is 9.59 Å². The van der Waals surface area contributed by atoms with Crippen molar-refractivity contribution in [2.24, 2.45) is 0 Å². The Morgan fingerprint density at radius 1 is 1.59 bits per heavy atom. The summed E-state index contributed by atoms with van der Waals surface area (Å²) < 4.78 is 1.56. The zero-order chi connectivity index (χ0) is 15.9. The molecule has 0 aliphatic carbocycles. The largest absolute Gasteiger partial charge is 0.355 e. The van der Waals surface area contributed by atoms with E-state index < -0.39 is 0 Å². The Balaban J connectivity index is 2.15. The highest BCUT2D eigenvalue weighted by Crippen LogP contribution is 2.21. The Kier molecular flexibility index (Phi) is 6.21. The molecule has 0 atom stereocenters. The van der Waals surface area contributed by atoms with Gasteiger partial charge in [-0.15, -0.1) is 17.9 Å². The number of carbonyl (C=O) groups excluding carboxylic acids is 1. The van der Waals surface area contributed by atoms with E-state index >= 15 is 0 Å². The first-order valence-corrected chi connectivity index (χ1v) is 9.02. The minimum Gasteiger partial charge on any atom is -0.355 e.